The highest BCUT2D eigenvalue weighted by atomic mass is 79.9. The van der Waals surface area contributed by atoms with Crippen LogP contribution in [0.2, 0.25) is 0 Å². The van der Waals surface area contributed by atoms with E-state index in [4.69, 9.17) is 5.26 Å². The van der Waals surface area contributed by atoms with Gasteiger partial charge in [-0.15, -0.1) is 0 Å². The minimum absolute atomic E-state index is 0.0852. The lowest BCUT2D eigenvalue weighted by molar-refractivity contribution is -0.0327. The van der Waals surface area contributed by atoms with Crippen LogP contribution >= 0.6 is 27.7 Å². The Morgan fingerprint density at radius 1 is 1.41 bits per heavy atom. The van der Waals surface area contributed by atoms with Gasteiger partial charge in [0.25, 0.3) is 0 Å². The standard InChI is InChI=1S/C10H8BrF3N2S/c11-8-1-2-9(7(5-8)6-15)16-3-4-17-10(12,13)14/h1-2,5,16H,3-4H2. The molecule has 0 aliphatic heterocycles. The van der Waals surface area contributed by atoms with Crippen LogP contribution in [0.3, 0.4) is 0 Å². The van der Waals surface area contributed by atoms with Gasteiger partial charge in [-0.3, -0.25) is 0 Å². The van der Waals surface area contributed by atoms with E-state index >= 15 is 0 Å². The summed E-state index contributed by atoms with van der Waals surface area (Å²) >= 11 is 3.13. The molecule has 0 saturated carbocycles. The number of alkyl halides is 3. The van der Waals surface area contributed by atoms with Crippen molar-refractivity contribution in [3.8, 4) is 6.07 Å². The summed E-state index contributed by atoms with van der Waals surface area (Å²) in [7, 11) is 0. The number of hydrogen-bond acceptors (Lipinski definition) is 3. The van der Waals surface area contributed by atoms with Gasteiger partial charge in [0.2, 0.25) is 0 Å². The van der Waals surface area contributed by atoms with Crippen LogP contribution in [-0.4, -0.2) is 17.8 Å². The van der Waals surface area contributed by atoms with Gasteiger partial charge in [-0.25, -0.2) is 0 Å². The SMILES string of the molecule is N#Cc1cc(Br)ccc1NCCSC(F)(F)F. The number of anilines is 1. The molecule has 17 heavy (non-hydrogen) atoms. The summed E-state index contributed by atoms with van der Waals surface area (Å²) in [5.74, 6) is -0.0928. The molecular formula is C10H8BrF3N2S. The van der Waals surface area contributed by atoms with Crippen molar-refractivity contribution >= 4 is 33.4 Å². The third-order valence-electron chi connectivity index (χ3n) is 1.79. The number of benzene rings is 1. The van der Waals surface area contributed by atoms with Crippen molar-refractivity contribution in [3.63, 3.8) is 0 Å². The second-order valence-corrected chi connectivity index (χ2v) is 5.10. The average Bonchev–Trinajstić information content (AvgIpc) is 2.24. The van der Waals surface area contributed by atoms with Gasteiger partial charge in [-0.2, -0.15) is 18.4 Å². The van der Waals surface area contributed by atoms with Crippen molar-refractivity contribution in [3.05, 3.63) is 28.2 Å². The smallest absolute Gasteiger partial charge is 0.383 e. The molecule has 0 heterocycles. The maximum absolute atomic E-state index is 11.9. The van der Waals surface area contributed by atoms with Gasteiger partial charge in [-0.05, 0) is 30.0 Å². The molecule has 0 fully saturated rings. The van der Waals surface area contributed by atoms with E-state index in [0.717, 1.165) is 4.47 Å². The summed E-state index contributed by atoms with van der Waals surface area (Å²) < 4.78 is 36.3. The molecule has 1 rings (SSSR count). The summed E-state index contributed by atoms with van der Waals surface area (Å²) in [5, 5.41) is 11.6. The zero-order chi connectivity index (χ0) is 12.9. The van der Waals surface area contributed by atoms with Crippen molar-refractivity contribution in [2.45, 2.75) is 5.51 Å². The molecule has 0 spiro atoms. The van der Waals surface area contributed by atoms with E-state index in [0.29, 0.717) is 11.3 Å². The Labute approximate surface area is 109 Å². The molecule has 1 aromatic carbocycles. The number of hydrogen-bond donors (Lipinski definition) is 1. The Hall–Kier alpha value is -0.870. The third kappa shape index (κ3) is 5.33. The van der Waals surface area contributed by atoms with E-state index in [9.17, 15) is 13.2 Å². The van der Waals surface area contributed by atoms with E-state index in [2.05, 4.69) is 21.2 Å². The highest BCUT2D eigenvalue weighted by Crippen LogP contribution is 2.29. The Balaban J connectivity index is 2.50. The molecule has 0 unspecified atom stereocenters. The highest BCUT2D eigenvalue weighted by molar-refractivity contribution is 9.10. The Morgan fingerprint density at radius 3 is 2.71 bits per heavy atom. The van der Waals surface area contributed by atoms with Crippen molar-refractivity contribution in [2.24, 2.45) is 0 Å². The number of nitriles is 1. The molecule has 2 nitrogen and oxygen atoms in total. The number of rotatable bonds is 4. The van der Waals surface area contributed by atoms with E-state index in [1.807, 2.05) is 6.07 Å². The van der Waals surface area contributed by atoms with Crippen LogP contribution in [-0.2, 0) is 0 Å². The first kappa shape index (κ1) is 14.2. The van der Waals surface area contributed by atoms with Crippen LogP contribution in [0.25, 0.3) is 0 Å². The molecule has 0 saturated heterocycles. The first-order valence-electron chi connectivity index (χ1n) is 4.56. The lowest BCUT2D eigenvalue weighted by Gasteiger charge is -2.09. The molecule has 1 aromatic rings. The van der Waals surface area contributed by atoms with Gasteiger partial charge in [0.05, 0.1) is 11.3 Å². The van der Waals surface area contributed by atoms with Crippen molar-refractivity contribution in [1.82, 2.24) is 0 Å². The minimum Gasteiger partial charge on any atom is -0.383 e. The van der Waals surface area contributed by atoms with Crippen LogP contribution in [0.1, 0.15) is 5.56 Å². The van der Waals surface area contributed by atoms with Gasteiger partial charge < -0.3 is 5.32 Å². The number of nitrogens with zero attached hydrogens (tertiary/aromatic N) is 1. The number of thioether (sulfide) groups is 1. The van der Waals surface area contributed by atoms with Crippen LogP contribution in [0, 0.1) is 11.3 Å². The molecule has 0 bridgehead atoms. The van der Waals surface area contributed by atoms with Gasteiger partial charge in [0, 0.05) is 16.8 Å². The second-order valence-electron chi connectivity index (χ2n) is 3.02. The minimum atomic E-state index is -4.21. The predicted octanol–water partition coefficient (Wildman–Crippen LogP) is 3.99. The van der Waals surface area contributed by atoms with Crippen LogP contribution in [0.5, 0.6) is 0 Å². The third-order valence-corrected chi connectivity index (χ3v) is 3.01. The maximum atomic E-state index is 11.9. The summed E-state index contributed by atoms with van der Waals surface area (Å²) in [4.78, 5) is 0. The fraction of sp³-hybridized carbons (Fsp3) is 0.300. The molecule has 0 amide bonds. The average molecular weight is 325 g/mol. The molecule has 0 aliphatic carbocycles. The van der Waals surface area contributed by atoms with E-state index in [-0.39, 0.29) is 24.1 Å². The largest absolute Gasteiger partial charge is 0.441 e. The molecule has 1 N–H and O–H groups in total. The second kappa shape index (κ2) is 6.17. The monoisotopic (exact) mass is 324 g/mol. The van der Waals surface area contributed by atoms with E-state index in [1.165, 1.54) is 0 Å². The Bertz CT molecular complexity index is 429. The van der Waals surface area contributed by atoms with Gasteiger partial charge >= 0.3 is 5.51 Å². The van der Waals surface area contributed by atoms with E-state index < -0.39 is 5.51 Å². The maximum Gasteiger partial charge on any atom is 0.441 e. The topological polar surface area (TPSA) is 35.8 Å². The predicted molar refractivity (Wildman–Crippen MR) is 65.9 cm³/mol. The summed E-state index contributed by atoms with van der Waals surface area (Å²) in [6.07, 6.45) is 0. The molecule has 7 heteroatoms. The zero-order valence-electron chi connectivity index (χ0n) is 8.51. The normalized spacial score (nSPS) is 11.0. The molecular weight excluding hydrogens is 317 g/mol. The van der Waals surface area contributed by atoms with Crippen LogP contribution in [0.4, 0.5) is 18.9 Å². The lowest BCUT2D eigenvalue weighted by atomic mass is 10.2. The molecule has 0 aromatic heterocycles. The van der Waals surface area contributed by atoms with E-state index in [1.54, 1.807) is 18.2 Å². The van der Waals surface area contributed by atoms with Gasteiger partial charge in [0.1, 0.15) is 6.07 Å². The van der Waals surface area contributed by atoms with Crippen LogP contribution < -0.4 is 5.32 Å². The molecule has 0 radical (unpaired) electrons. The highest BCUT2D eigenvalue weighted by Gasteiger charge is 2.27. The fourth-order valence-corrected chi connectivity index (χ4v) is 1.91. The first-order valence-corrected chi connectivity index (χ1v) is 6.34. The molecule has 0 atom stereocenters. The zero-order valence-corrected chi connectivity index (χ0v) is 10.9. The molecule has 0 aliphatic rings. The first-order chi connectivity index (χ1) is 7.92. The summed E-state index contributed by atoms with van der Waals surface area (Å²) in [5.41, 5.74) is -3.27. The Morgan fingerprint density at radius 2 is 2.12 bits per heavy atom. The number of nitrogens with one attached hydrogen (secondary N) is 1. The molecule has 92 valence electrons. The fourth-order valence-electron chi connectivity index (χ4n) is 1.12. The number of halogens is 4. The van der Waals surface area contributed by atoms with Gasteiger partial charge in [0.15, 0.2) is 0 Å². The quantitative estimate of drug-likeness (QED) is 0.851. The van der Waals surface area contributed by atoms with Gasteiger partial charge in [-0.1, -0.05) is 15.9 Å². The summed E-state index contributed by atoms with van der Waals surface area (Å²) in [6.45, 7) is 0.153. The lowest BCUT2D eigenvalue weighted by Crippen LogP contribution is -2.10. The van der Waals surface area contributed by atoms with Crippen molar-refractivity contribution in [2.75, 3.05) is 17.6 Å². The van der Waals surface area contributed by atoms with Crippen molar-refractivity contribution < 1.29 is 13.2 Å². The Kier molecular flexibility index (Phi) is 5.15. The van der Waals surface area contributed by atoms with Crippen LogP contribution in [0.15, 0.2) is 22.7 Å². The van der Waals surface area contributed by atoms with Crippen molar-refractivity contribution in [1.29, 1.82) is 5.26 Å². The summed E-state index contributed by atoms with van der Waals surface area (Å²) in [6, 6.07) is 6.96.